The molecule has 0 heterocycles. The molecule has 2 unspecified atom stereocenters. The van der Waals surface area contributed by atoms with Crippen molar-refractivity contribution in [2.75, 3.05) is 13.2 Å². The zero-order valence-electron chi connectivity index (χ0n) is 58.6. The van der Waals surface area contributed by atoms with Crippen LogP contribution in [0.1, 0.15) is 450 Å². The Morgan fingerprint density at radius 3 is 0.826 bits per heavy atom. The van der Waals surface area contributed by atoms with Gasteiger partial charge in [-0.3, -0.25) is 9.59 Å². The summed E-state index contributed by atoms with van der Waals surface area (Å²) >= 11 is 0. The lowest BCUT2D eigenvalue weighted by Gasteiger charge is -2.20. The molecule has 3 N–H and O–H groups in total. The second-order valence-electron chi connectivity index (χ2n) is 27.4. The number of ether oxygens (including phenoxy) is 1. The van der Waals surface area contributed by atoms with Crippen LogP contribution in [0.4, 0.5) is 0 Å². The maximum absolute atomic E-state index is 12.5. The molecule has 2 atom stereocenters. The molecule has 0 aromatic carbocycles. The van der Waals surface area contributed by atoms with Crippen molar-refractivity contribution in [1.82, 2.24) is 5.32 Å². The molecule has 0 aliphatic rings. The van der Waals surface area contributed by atoms with E-state index in [4.69, 9.17) is 4.74 Å². The van der Waals surface area contributed by atoms with Crippen LogP contribution in [0.3, 0.4) is 0 Å². The fourth-order valence-corrected chi connectivity index (χ4v) is 12.7. The van der Waals surface area contributed by atoms with Gasteiger partial charge < -0.3 is 20.3 Å². The summed E-state index contributed by atoms with van der Waals surface area (Å²) in [6.07, 6.45) is 97.3. The number of carbonyl (C=O) groups excluding carboxylic acids is 2. The molecule has 0 aromatic rings. The van der Waals surface area contributed by atoms with Crippen molar-refractivity contribution in [3.63, 3.8) is 0 Å². The van der Waals surface area contributed by atoms with E-state index >= 15 is 0 Å². The minimum atomic E-state index is -0.844. The largest absolute Gasteiger partial charge is 0.466 e. The van der Waals surface area contributed by atoms with E-state index in [1.807, 2.05) is 6.08 Å². The highest BCUT2D eigenvalue weighted by atomic mass is 16.5. The SMILES string of the molecule is CCCCCCCCCCCCCCCCCCCCCCC/C=C/C(O)C(CO)NC(=O)CCCCCCCCCCCCCCCCC/C=C\CCCCCCCCCCCCCCOC(=O)CCCCCCCCCCCCCCCCC. The number of carbonyl (C=O) groups is 2. The quantitative estimate of drug-likeness (QED) is 0.0320. The van der Waals surface area contributed by atoms with Gasteiger partial charge in [0.25, 0.3) is 0 Å². The molecule has 0 rings (SSSR count). The number of hydrogen-bond acceptors (Lipinski definition) is 5. The first-order valence-corrected chi connectivity index (χ1v) is 39.6. The Hall–Kier alpha value is -1.66. The number of amides is 1. The van der Waals surface area contributed by atoms with Crippen LogP contribution >= 0.6 is 0 Å². The predicted octanol–water partition coefficient (Wildman–Crippen LogP) is 26.0. The maximum atomic E-state index is 12.5. The first-order valence-electron chi connectivity index (χ1n) is 39.6. The Labute approximate surface area is 539 Å². The fourth-order valence-electron chi connectivity index (χ4n) is 12.7. The van der Waals surface area contributed by atoms with Crippen LogP contribution in [0.15, 0.2) is 24.3 Å². The molecule has 0 spiro atoms. The van der Waals surface area contributed by atoms with Crippen molar-refractivity contribution in [2.24, 2.45) is 0 Å². The van der Waals surface area contributed by atoms with Crippen molar-refractivity contribution in [2.45, 2.75) is 463 Å². The van der Waals surface area contributed by atoms with Crippen LogP contribution in [0.25, 0.3) is 0 Å². The van der Waals surface area contributed by atoms with Gasteiger partial charge in [0.05, 0.1) is 25.4 Å². The summed E-state index contributed by atoms with van der Waals surface area (Å²) in [5, 5.41) is 23.3. The molecule has 0 radical (unpaired) electrons. The number of aliphatic hydroxyl groups excluding tert-OH is 2. The smallest absolute Gasteiger partial charge is 0.305 e. The van der Waals surface area contributed by atoms with Crippen LogP contribution in [0, 0.1) is 0 Å². The molecule has 0 aliphatic carbocycles. The third-order valence-corrected chi connectivity index (χ3v) is 18.7. The van der Waals surface area contributed by atoms with Crippen LogP contribution in [-0.2, 0) is 14.3 Å². The summed E-state index contributed by atoms with van der Waals surface area (Å²) in [6.45, 7) is 4.96. The van der Waals surface area contributed by atoms with E-state index in [-0.39, 0.29) is 18.5 Å². The summed E-state index contributed by atoms with van der Waals surface area (Å²) in [5.74, 6) is -0.0394. The van der Waals surface area contributed by atoms with Crippen LogP contribution < -0.4 is 5.32 Å². The molecule has 510 valence electrons. The van der Waals surface area contributed by atoms with E-state index in [1.54, 1.807) is 6.08 Å². The third kappa shape index (κ3) is 71.4. The highest BCUT2D eigenvalue weighted by molar-refractivity contribution is 5.76. The summed E-state index contributed by atoms with van der Waals surface area (Å²) in [4.78, 5) is 24.6. The molecule has 0 aliphatic heterocycles. The van der Waals surface area contributed by atoms with Gasteiger partial charge in [-0.1, -0.05) is 404 Å². The number of hydrogen-bond donors (Lipinski definition) is 3. The molecule has 6 heteroatoms. The van der Waals surface area contributed by atoms with Gasteiger partial charge >= 0.3 is 5.97 Å². The number of unbranched alkanes of at least 4 members (excludes halogenated alkanes) is 62. The standard InChI is InChI=1S/C80H155NO5/c1-3-5-7-9-11-13-15-17-19-20-21-22-32-35-38-41-45-48-52-56-60-64-68-72-78(83)77(76-82)81-79(84)73-69-65-61-57-53-49-46-42-39-36-33-30-28-26-24-23-25-27-29-31-34-37-40-43-47-51-55-59-63-67-71-75-86-80(85)74-70-66-62-58-54-50-44-18-16-14-12-10-8-6-4-2/h25,27,68,72,77-78,82-83H,3-24,26,28-67,69-71,73-76H2,1-2H3,(H,81,84)/b27-25-,72-68+. The Bertz CT molecular complexity index is 1350. The molecule has 6 nitrogen and oxygen atoms in total. The van der Waals surface area contributed by atoms with E-state index in [0.717, 1.165) is 38.5 Å². The molecule has 86 heavy (non-hydrogen) atoms. The van der Waals surface area contributed by atoms with E-state index < -0.39 is 12.1 Å². The second kappa shape index (κ2) is 75.8. The Morgan fingerprint density at radius 2 is 0.547 bits per heavy atom. The molecule has 1 amide bonds. The van der Waals surface area contributed by atoms with Crippen LogP contribution in [-0.4, -0.2) is 47.4 Å². The number of rotatable bonds is 75. The van der Waals surface area contributed by atoms with Crippen molar-refractivity contribution in [3.8, 4) is 0 Å². The van der Waals surface area contributed by atoms with Crippen molar-refractivity contribution < 1.29 is 24.5 Å². The van der Waals surface area contributed by atoms with Gasteiger partial charge in [-0.2, -0.15) is 0 Å². The van der Waals surface area contributed by atoms with E-state index in [1.165, 1.54) is 385 Å². The maximum Gasteiger partial charge on any atom is 0.305 e. The van der Waals surface area contributed by atoms with Gasteiger partial charge in [0, 0.05) is 12.8 Å². The Balaban J connectivity index is 3.38. The van der Waals surface area contributed by atoms with Crippen molar-refractivity contribution in [1.29, 1.82) is 0 Å². The van der Waals surface area contributed by atoms with Gasteiger partial charge in [0.2, 0.25) is 5.91 Å². The summed E-state index contributed by atoms with van der Waals surface area (Å²) in [7, 11) is 0. The molecule has 0 fully saturated rings. The topological polar surface area (TPSA) is 95.9 Å². The highest BCUT2D eigenvalue weighted by Crippen LogP contribution is 2.20. The zero-order valence-corrected chi connectivity index (χ0v) is 58.6. The summed E-state index contributed by atoms with van der Waals surface area (Å²) < 4.78 is 5.50. The van der Waals surface area contributed by atoms with Crippen LogP contribution in [0.2, 0.25) is 0 Å². The van der Waals surface area contributed by atoms with Crippen molar-refractivity contribution >= 4 is 11.9 Å². The van der Waals surface area contributed by atoms with Gasteiger partial charge in [-0.25, -0.2) is 0 Å². The molecule has 0 aromatic heterocycles. The zero-order chi connectivity index (χ0) is 62.0. The third-order valence-electron chi connectivity index (χ3n) is 18.7. The highest BCUT2D eigenvalue weighted by Gasteiger charge is 2.18. The molecule has 0 bridgehead atoms. The number of esters is 1. The lowest BCUT2D eigenvalue weighted by Crippen LogP contribution is -2.45. The predicted molar refractivity (Wildman–Crippen MR) is 380 cm³/mol. The minimum Gasteiger partial charge on any atom is -0.466 e. The Kier molecular flexibility index (Phi) is 74.3. The molecule has 0 saturated carbocycles. The molecular formula is C80H155NO5. The van der Waals surface area contributed by atoms with Gasteiger partial charge in [-0.15, -0.1) is 0 Å². The van der Waals surface area contributed by atoms with E-state index in [0.29, 0.717) is 19.4 Å². The normalized spacial score (nSPS) is 12.6. The van der Waals surface area contributed by atoms with Crippen molar-refractivity contribution in [3.05, 3.63) is 24.3 Å². The number of nitrogens with one attached hydrogen (secondary N) is 1. The monoisotopic (exact) mass is 1210 g/mol. The summed E-state index contributed by atoms with van der Waals surface area (Å²) in [6, 6.07) is -0.627. The average Bonchev–Trinajstić information content (AvgIpc) is 3.52. The lowest BCUT2D eigenvalue weighted by molar-refractivity contribution is -0.143. The summed E-state index contributed by atoms with van der Waals surface area (Å²) in [5.41, 5.74) is 0. The first kappa shape index (κ1) is 84.3. The minimum absolute atomic E-state index is 0.0213. The van der Waals surface area contributed by atoms with Gasteiger partial charge in [-0.05, 0) is 57.8 Å². The number of aliphatic hydroxyl groups is 2. The Morgan fingerprint density at radius 1 is 0.314 bits per heavy atom. The first-order chi connectivity index (χ1) is 42.5. The van der Waals surface area contributed by atoms with Gasteiger partial charge in [0.15, 0.2) is 0 Å². The van der Waals surface area contributed by atoms with E-state index in [2.05, 4.69) is 31.3 Å². The number of allylic oxidation sites excluding steroid dienone is 3. The lowest BCUT2D eigenvalue weighted by atomic mass is 10.0. The average molecular weight is 1210 g/mol. The van der Waals surface area contributed by atoms with Crippen LogP contribution in [0.5, 0.6) is 0 Å². The second-order valence-corrected chi connectivity index (χ2v) is 27.4. The van der Waals surface area contributed by atoms with Gasteiger partial charge in [0.1, 0.15) is 0 Å². The van der Waals surface area contributed by atoms with E-state index in [9.17, 15) is 19.8 Å². The molecular weight excluding hydrogens is 1050 g/mol. The molecule has 0 saturated heterocycles. The fraction of sp³-hybridized carbons (Fsp3) is 0.925.